The molecule has 20 heavy (non-hydrogen) atoms. The van der Waals surface area contributed by atoms with E-state index in [1.54, 1.807) is 45.2 Å². The number of halogens is 2. The second-order valence-electron chi connectivity index (χ2n) is 3.52. The molecule has 0 radical (unpaired) electrons. The van der Waals surface area contributed by atoms with Gasteiger partial charge in [0, 0.05) is 26.7 Å². The van der Waals surface area contributed by atoms with E-state index in [-0.39, 0.29) is 55.8 Å². The zero-order chi connectivity index (χ0) is 14.7. The number of aromatic carboxylic acids is 1. The summed E-state index contributed by atoms with van der Waals surface area (Å²) in [5, 5.41) is 16.1. The van der Waals surface area contributed by atoms with E-state index in [0.717, 1.165) is 0 Å². The zero-order valence-corrected chi connectivity index (χ0v) is 17.3. The molecule has 0 unspecified atom stereocenters. The first-order chi connectivity index (χ1) is 8.79. The van der Waals surface area contributed by atoms with Gasteiger partial charge in [0.15, 0.2) is 0 Å². The van der Waals surface area contributed by atoms with Crippen LogP contribution in [0.5, 0.6) is 0 Å². The topological polar surface area (TPSA) is 98.3 Å². The summed E-state index contributed by atoms with van der Waals surface area (Å²) in [7, 11) is 1.44. The van der Waals surface area contributed by atoms with Crippen LogP contribution in [0.4, 0.5) is 5.69 Å². The molecular formula is C11H9I2N2NaO4. The average Bonchev–Trinajstić information content (AvgIpc) is 2.31. The second-order valence-corrected chi connectivity index (χ2v) is 5.68. The first-order valence-electron chi connectivity index (χ1n) is 5.02. The first kappa shape index (κ1) is 20.1. The van der Waals surface area contributed by atoms with Crippen molar-refractivity contribution in [3.8, 4) is 0 Å². The predicted molar refractivity (Wildman–Crippen MR) is 83.9 cm³/mol. The smallest absolute Gasteiger partial charge is 0.545 e. The van der Waals surface area contributed by atoms with Gasteiger partial charge in [0.25, 0.3) is 5.91 Å². The zero-order valence-electron chi connectivity index (χ0n) is 11.0. The van der Waals surface area contributed by atoms with Gasteiger partial charge in [-0.25, -0.2) is 0 Å². The van der Waals surface area contributed by atoms with Crippen molar-refractivity contribution >= 4 is 68.7 Å². The van der Waals surface area contributed by atoms with E-state index in [9.17, 15) is 19.5 Å². The standard InChI is InChI=1S/C11H10I2N2O4.Na/c1-4(16)15-6-3-5(10(17)14-2)8(12)7(9(6)13)11(18)19;/h3H,1-2H3,(H,14,17)(H,15,16)(H,18,19);/q;+1/p-1. The molecule has 0 saturated carbocycles. The van der Waals surface area contributed by atoms with E-state index in [0.29, 0.717) is 3.57 Å². The maximum atomic E-state index is 11.7. The van der Waals surface area contributed by atoms with Crippen molar-refractivity contribution in [3.63, 3.8) is 0 Å². The molecule has 2 amide bonds. The summed E-state index contributed by atoms with van der Waals surface area (Å²) in [6, 6.07) is 1.44. The molecule has 1 aromatic carbocycles. The molecule has 0 heterocycles. The van der Waals surface area contributed by atoms with Crippen molar-refractivity contribution in [2.75, 3.05) is 12.4 Å². The summed E-state index contributed by atoms with van der Waals surface area (Å²) >= 11 is 3.57. The molecule has 6 nitrogen and oxygen atoms in total. The summed E-state index contributed by atoms with van der Waals surface area (Å²) in [5.41, 5.74) is 0.337. The molecule has 102 valence electrons. The van der Waals surface area contributed by atoms with Crippen molar-refractivity contribution < 1.29 is 49.0 Å². The monoisotopic (exact) mass is 510 g/mol. The van der Waals surface area contributed by atoms with Gasteiger partial charge in [-0.1, -0.05) is 0 Å². The van der Waals surface area contributed by atoms with Gasteiger partial charge in [-0.2, -0.15) is 0 Å². The van der Waals surface area contributed by atoms with E-state index in [1.807, 2.05) is 0 Å². The van der Waals surface area contributed by atoms with Gasteiger partial charge in [-0.3, -0.25) is 9.59 Å². The molecule has 0 aliphatic carbocycles. The number of carbonyl (C=O) groups is 3. The Hall–Kier alpha value is 0.0900. The van der Waals surface area contributed by atoms with Crippen LogP contribution in [0.3, 0.4) is 0 Å². The van der Waals surface area contributed by atoms with Crippen molar-refractivity contribution in [2.45, 2.75) is 6.92 Å². The molecule has 0 aliphatic heterocycles. The molecule has 0 aromatic heterocycles. The molecule has 9 heteroatoms. The third-order valence-electron chi connectivity index (χ3n) is 2.19. The molecule has 0 bridgehead atoms. The van der Waals surface area contributed by atoms with Crippen LogP contribution in [-0.2, 0) is 4.79 Å². The van der Waals surface area contributed by atoms with Crippen molar-refractivity contribution in [3.05, 3.63) is 24.3 Å². The van der Waals surface area contributed by atoms with Crippen LogP contribution in [0.15, 0.2) is 6.07 Å². The fourth-order valence-electron chi connectivity index (χ4n) is 1.40. The fourth-order valence-corrected chi connectivity index (χ4v) is 3.58. The van der Waals surface area contributed by atoms with E-state index < -0.39 is 11.9 Å². The summed E-state index contributed by atoms with van der Waals surface area (Å²) in [6.07, 6.45) is 0. The quantitative estimate of drug-likeness (QED) is 0.350. The Labute approximate surface area is 165 Å². The van der Waals surface area contributed by atoms with Gasteiger partial charge in [0.05, 0.1) is 17.2 Å². The predicted octanol–water partition coefficient (Wildman–Crippen LogP) is -2.42. The van der Waals surface area contributed by atoms with Crippen LogP contribution in [0.1, 0.15) is 27.6 Å². The van der Waals surface area contributed by atoms with Crippen LogP contribution in [-0.4, -0.2) is 24.8 Å². The Kier molecular flexibility index (Phi) is 8.55. The molecule has 0 fully saturated rings. The van der Waals surface area contributed by atoms with Crippen LogP contribution in [0.25, 0.3) is 0 Å². The van der Waals surface area contributed by atoms with Gasteiger partial charge in [0.1, 0.15) is 0 Å². The van der Waals surface area contributed by atoms with E-state index in [4.69, 9.17) is 0 Å². The maximum Gasteiger partial charge on any atom is 1.00 e. The molecule has 1 rings (SSSR count). The number of carboxylic acid groups (broad SMARTS) is 1. The van der Waals surface area contributed by atoms with Crippen molar-refractivity contribution in [2.24, 2.45) is 0 Å². The SMILES string of the molecule is CNC(=O)c1cc(NC(C)=O)c(I)c(C(=O)[O-])c1I.[Na+]. The van der Waals surface area contributed by atoms with Crippen LogP contribution >= 0.6 is 45.2 Å². The van der Waals surface area contributed by atoms with Crippen LogP contribution in [0.2, 0.25) is 0 Å². The van der Waals surface area contributed by atoms with Crippen LogP contribution < -0.4 is 45.3 Å². The molecular weight excluding hydrogens is 501 g/mol. The minimum atomic E-state index is -1.40. The minimum Gasteiger partial charge on any atom is -0.545 e. The molecule has 0 atom stereocenters. The van der Waals surface area contributed by atoms with E-state index in [2.05, 4.69) is 10.6 Å². The fraction of sp³-hybridized carbons (Fsp3) is 0.182. The third-order valence-corrected chi connectivity index (χ3v) is 4.43. The van der Waals surface area contributed by atoms with Gasteiger partial charge in [-0.15, -0.1) is 0 Å². The Morgan fingerprint density at radius 3 is 2.15 bits per heavy atom. The summed E-state index contributed by atoms with van der Waals surface area (Å²) in [4.78, 5) is 34.0. The van der Waals surface area contributed by atoms with Gasteiger partial charge >= 0.3 is 29.6 Å². The molecule has 0 spiro atoms. The summed E-state index contributed by atoms with van der Waals surface area (Å²) in [6.45, 7) is 1.30. The third kappa shape index (κ3) is 4.55. The largest absolute Gasteiger partial charge is 1.00 e. The Balaban J connectivity index is 0.00000361. The number of rotatable bonds is 3. The number of hydrogen-bond acceptors (Lipinski definition) is 4. The average molecular weight is 510 g/mol. The number of carboxylic acids is 1. The Bertz CT molecular complexity index is 578. The second kappa shape index (κ2) is 8.51. The Morgan fingerprint density at radius 1 is 1.20 bits per heavy atom. The summed E-state index contributed by atoms with van der Waals surface area (Å²) < 4.78 is 0.598. The normalized spacial score (nSPS) is 9.40. The molecule has 0 aliphatic rings. The number of hydrogen-bond donors (Lipinski definition) is 2. The molecule has 1 aromatic rings. The van der Waals surface area contributed by atoms with Crippen molar-refractivity contribution in [1.82, 2.24) is 5.32 Å². The van der Waals surface area contributed by atoms with E-state index in [1.165, 1.54) is 20.0 Å². The van der Waals surface area contributed by atoms with Crippen molar-refractivity contribution in [1.29, 1.82) is 0 Å². The van der Waals surface area contributed by atoms with Gasteiger partial charge in [-0.05, 0) is 51.2 Å². The number of anilines is 1. The summed E-state index contributed by atoms with van der Waals surface area (Å²) in [5.74, 6) is -2.19. The number of nitrogens with one attached hydrogen (secondary N) is 2. The number of carbonyl (C=O) groups excluding carboxylic acids is 3. The molecule has 2 N–H and O–H groups in total. The number of amides is 2. The van der Waals surface area contributed by atoms with Crippen LogP contribution in [0, 0.1) is 7.14 Å². The first-order valence-corrected chi connectivity index (χ1v) is 7.18. The maximum absolute atomic E-state index is 11.7. The minimum absolute atomic E-state index is 0. The Morgan fingerprint density at radius 2 is 1.75 bits per heavy atom. The van der Waals surface area contributed by atoms with Gasteiger partial charge < -0.3 is 20.5 Å². The number of benzene rings is 1. The molecule has 0 saturated heterocycles. The van der Waals surface area contributed by atoms with Gasteiger partial charge in [0.2, 0.25) is 5.91 Å². The van der Waals surface area contributed by atoms with E-state index >= 15 is 0 Å².